The predicted molar refractivity (Wildman–Crippen MR) is 119 cm³/mol. The van der Waals surface area contributed by atoms with Crippen molar-refractivity contribution in [1.82, 2.24) is 9.62 Å². The molecule has 3 rings (SSSR count). The maximum atomic E-state index is 13.1. The lowest BCUT2D eigenvalue weighted by molar-refractivity contribution is 0.0730. The van der Waals surface area contributed by atoms with Crippen molar-refractivity contribution in [2.75, 3.05) is 38.6 Å². The third-order valence-corrected chi connectivity index (χ3v) is 8.07. The van der Waals surface area contributed by atoms with Crippen LogP contribution in [-0.2, 0) is 21.2 Å². The molecule has 2 aromatic rings. The van der Waals surface area contributed by atoms with E-state index in [1.165, 1.54) is 22.5 Å². The topological polar surface area (TPSA) is 75.7 Å². The molecule has 0 aliphatic carbocycles. The average Bonchev–Trinajstić information content (AvgIpc) is 2.80. The van der Waals surface area contributed by atoms with Crippen LogP contribution in [0.25, 0.3) is 0 Å². The minimum absolute atomic E-state index is 0.191. The molecule has 0 atom stereocenters. The molecule has 1 amide bonds. The van der Waals surface area contributed by atoms with Gasteiger partial charge in [-0.1, -0.05) is 13.0 Å². The molecule has 9 heteroatoms. The van der Waals surface area contributed by atoms with E-state index in [4.69, 9.17) is 4.74 Å². The smallest absolute Gasteiger partial charge is 0.251 e. The van der Waals surface area contributed by atoms with Gasteiger partial charge in [-0.05, 0) is 60.6 Å². The van der Waals surface area contributed by atoms with E-state index in [-0.39, 0.29) is 16.6 Å². The minimum Gasteiger partial charge on any atom is -0.379 e. The van der Waals surface area contributed by atoms with Crippen LogP contribution in [0.3, 0.4) is 0 Å². The summed E-state index contributed by atoms with van der Waals surface area (Å²) in [5, 5.41) is 2.85. The maximum Gasteiger partial charge on any atom is 0.251 e. The second kappa shape index (κ2) is 11.1. The standard InChI is InChI=1S/C22H27FN2O4S2/c1-2-17-4-5-18(16-21(17)31(27,28)25-11-13-29-14-12-25)22(26)24-10-3-15-30-20-8-6-19(23)7-9-20/h4-9,16H,2-3,10-15H2,1H3,(H,24,26). The number of halogens is 1. The molecule has 2 aromatic carbocycles. The highest BCUT2D eigenvalue weighted by molar-refractivity contribution is 7.99. The molecule has 0 spiro atoms. The third-order valence-electron chi connectivity index (χ3n) is 4.99. The Morgan fingerprint density at radius 1 is 1.16 bits per heavy atom. The van der Waals surface area contributed by atoms with Crippen molar-refractivity contribution in [3.8, 4) is 0 Å². The number of hydrogen-bond acceptors (Lipinski definition) is 5. The van der Waals surface area contributed by atoms with Crippen LogP contribution >= 0.6 is 11.8 Å². The summed E-state index contributed by atoms with van der Waals surface area (Å²) >= 11 is 1.59. The second-order valence-corrected chi connectivity index (χ2v) is 10.2. The number of carbonyl (C=O) groups is 1. The van der Waals surface area contributed by atoms with Crippen molar-refractivity contribution in [2.24, 2.45) is 0 Å². The maximum absolute atomic E-state index is 13.1. The molecule has 0 unspecified atom stereocenters. The van der Waals surface area contributed by atoms with Gasteiger partial charge in [0.1, 0.15) is 5.82 Å². The van der Waals surface area contributed by atoms with Gasteiger partial charge in [-0.25, -0.2) is 12.8 Å². The molecule has 1 N–H and O–H groups in total. The van der Waals surface area contributed by atoms with Crippen molar-refractivity contribution >= 4 is 27.7 Å². The molecule has 1 heterocycles. The number of nitrogens with zero attached hydrogens (tertiary/aromatic N) is 1. The Hall–Kier alpha value is -1.94. The van der Waals surface area contributed by atoms with Crippen LogP contribution in [0, 0.1) is 5.82 Å². The average molecular weight is 467 g/mol. The van der Waals surface area contributed by atoms with Crippen molar-refractivity contribution in [3.63, 3.8) is 0 Å². The highest BCUT2D eigenvalue weighted by Gasteiger charge is 2.29. The van der Waals surface area contributed by atoms with Crippen LogP contribution < -0.4 is 5.32 Å². The summed E-state index contributed by atoms with van der Waals surface area (Å²) in [6.45, 7) is 3.73. The number of nitrogens with one attached hydrogen (secondary N) is 1. The van der Waals surface area contributed by atoms with Crippen LogP contribution in [0.1, 0.15) is 29.3 Å². The molecule has 0 aromatic heterocycles. The first kappa shape index (κ1) is 23.7. The zero-order chi connectivity index (χ0) is 22.3. The fourth-order valence-electron chi connectivity index (χ4n) is 3.25. The molecule has 1 aliphatic heterocycles. The van der Waals surface area contributed by atoms with Gasteiger partial charge in [0.2, 0.25) is 10.0 Å². The first-order chi connectivity index (χ1) is 14.9. The fraction of sp³-hybridized carbons (Fsp3) is 0.409. The number of ether oxygens (including phenoxy) is 1. The van der Waals surface area contributed by atoms with E-state index in [0.717, 1.165) is 17.1 Å². The van der Waals surface area contributed by atoms with Gasteiger partial charge in [-0.15, -0.1) is 11.8 Å². The Morgan fingerprint density at radius 2 is 1.87 bits per heavy atom. The third kappa shape index (κ3) is 6.29. The van der Waals surface area contributed by atoms with Crippen molar-refractivity contribution in [2.45, 2.75) is 29.6 Å². The van der Waals surface area contributed by atoms with Gasteiger partial charge in [0.25, 0.3) is 5.91 Å². The number of hydrogen-bond donors (Lipinski definition) is 1. The van der Waals surface area contributed by atoms with Crippen LogP contribution in [0.4, 0.5) is 4.39 Å². The lowest BCUT2D eigenvalue weighted by Gasteiger charge is -2.27. The number of rotatable bonds is 9. The normalized spacial score (nSPS) is 15.0. The number of aryl methyl sites for hydroxylation is 1. The quantitative estimate of drug-likeness (QED) is 0.453. The molecule has 31 heavy (non-hydrogen) atoms. The first-order valence-electron chi connectivity index (χ1n) is 10.3. The molecule has 1 saturated heterocycles. The molecule has 0 bridgehead atoms. The Bertz CT molecular complexity index is 991. The minimum atomic E-state index is -3.68. The zero-order valence-corrected chi connectivity index (χ0v) is 19.1. The molecule has 0 radical (unpaired) electrons. The van der Waals surface area contributed by atoms with Gasteiger partial charge >= 0.3 is 0 Å². The molecular weight excluding hydrogens is 439 g/mol. The van der Waals surface area contributed by atoms with E-state index in [2.05, 4.69) is 5.32 Å². The van der Waals surface area contributed by atoms with E-state index >= 15 is 0 Å². The Morgan fingerprint density at radius 3 is 2.55 bits per heavy atom. The summed E-state index contributed by atoms with van der Waals surface area (Å²) in [5.74, 6) is 0.214. The van der Waals surface area contributed by atoms with Gasteiger partial charge in [0, 0.05) is 30.1 Å². The summed E-state index contributed by atoms with van der Waals surface area (Å²) in [7, 11) is -3.68. The first-order valence-corrected chi connectivity index (χ1v) is 12.7. The number of thioether (sulfide) groups is 1. The molecule has 168 valence electrons. The van der Waals surface area contributed by atoms with Gasteiger partial charge < -0.3 is 10.1 Å². The summed E-state index contributed by atoms with van der Waals surface area (Å²) < 4.78 is 45.8. The van der Waals surface area contributed by atoms with Crippen molar-refractivity contribution < 1.29 is 22.3 Å². The van der Waals surface area contributed by atoms with Crippen LogP contribution in [-0.4, -0.2) is 57.2 Å². The summed E-state index contributed by atoms with van der Waals surface area (Å²) in [6.07, 6.45) is 1.29. The monoisotopic (exact) mass is 466 g/mol. The lowest BCUT2D eigenvalue weighted by atomic mass is 10.1. The van der Waals surface area contributed by atoms with Crippen LogP contribution in [0.2, 0.25) is 0 Å². The van der Waals surface area contributed by atoms with Gasteiger partial charge in [-0.3, -0.25) is 4.79 Å². The molecular formula is C22H27FN2O4S2. The van der Waals surface area contributed by atoms with Crippen molar-refractivity contribution in [1.29, 1.82) is 0 Å². The summed E-state index contributed by atoms with van der Waals surface area (Å²) in [4.78, 5) is 13.7. The van der Waals surface area contributed by atoms with E-state index < -0.39 is 10.0 Å². The number of amides is 1. The van der Waals surface area contributed by atoms with E-state index in [0.29, 0.717) is 50.4 Å². The summed E-state index contributed by atoms with van der Waals surface area (Å²) in [5.41, 5.74) is 1.02. The Balaban J connectivity index is 1.59. The molecule has 1 fully saturated rings. The number of carbonyl (C=O) groups excluding carboxylic acids is 1. The molecule has 6 nitrogen and oxygen atoms in total. The van der Waals surface area contributed by atoms with Crippen LogP contribution in [0.5, 0.6) is 0 Å². The van der Waals surface area contributed by atoms with Gasteiger partial charge in [0.05, 0.1) is 18.1 Å². The SMILES string of the molecule is CCc1ccc(C(=O)NCCCSc2ccc(F)cc2)cc1S(=O)(=O)N1CCOCC1. The summed E-state index contributed by atoms with van der Waals surface area (Å²) in [6, 6.07) is 11.2. The van der Waals surface area contributed by atoms with Crippen LogP contribution in [0.15, 0.2) is 52.3 Å². The largest absolute Gasteiger partial charge is 0.379 e. The van der Waals surface area contributed by atoms with E-state index in [1.807, 2.05) is 6.92 Å². The molecule has 0 saturated carbocycles. The van der Waals surface area contributed by atoms with Gasteiger partial charge in [-0.2, -0.15) is 4.31 Å². The molecule has 1 aliphatic rings. The number of sulfonamides is 1. The predicted octanol–water partition coefficient (Wildman–Crippen LogP) is 3.32. The van der Waals surface area contributed by atoms with E-state index in [9.17, 15) is 17.6 Å². The zero-order valence-electron chi connectivity index (χ0n) is 17.5. The highest BCUT2D eigenvalue weighted by Crippen LogP contribution is 2.24. The van der Waals surface area contributed by atoms with Gasteiger partial charge in [0.15, 0.2) is 0 Å². The Labute approximate surface area is 187 Å². The van der Waals surface area contributed by atoms with Crippen molar-refractivity contribution in [3.05, 3.63) is 59.4 Å². The fourth-order valence-corrected chi connectivity index (χ4v) is 5.83. The number of benzene rings is 2. The highest BCUT2D eigenvalue weighted by atomic mass is 32.2. The van der Waals surface area contributed by atoms with E-state index in [1.54, 1.807) is 36.0 Å². The lowest BCUT2D eigenvalue weighted by Crippen LogP contribution is -2.41. The number of morpholine rings is 1. The second-order valence-electron chi connectivity index (χ2n) is 7.10. The Kier molecular flexibility index (Phi) is 8.48.